The lowest BCUT2D eigenvalue weighted by molar-refractivity contribution is -0.145. The molecule has 1 heterocycles. The van der Waals surface area contributed by atoms with Gasteiger partial charge in [0.05, 0.1) is 24.8 Å². The van der Waals surface area contributed by atoms with Crippen molar-refractivity contribution in [2.75, 3.05) is 7.11 Å². The first-order chi connectivity index (χ1) is 13.6. The summed E-state index contributed by atoms with van der Waals surface area (Å²) < 4.78 is 23.4. The van der Waals surface area contributed by atoms with Crippen LogP contribution in [-0.4, -0.2) is 23.8 Å². The van der Waals surface area contributed by atoms with Crippen molar-refractivity contribution in [2.45, 2.75) is 19.4 Å². The molecule has 5 nitrogen and oxygen atoms in total. The number of ketones is 1. The Kier molecular flexibility index (Phi) is 6.49. The number of rotatable bonds is 8. The van der Waals surface area contributed by atoms with Crippen molar-refractivity contribution in [2.24, 2.45) is 0 Å². The molecule has 2 aromatic carbocycles. The van der Waals surface area contributed by atoms with Crippen LogP contribution >= 0.6 is 11.3 Å². The molecule has 3 rings (SSSR count). The predicted molar refractivity (Wildman–Crippen MR) is 104 cm³/mol. The standard InChI is InChI=1S/C21H18FNO4S/c1-26-19-5-3-2-4-17(19)21-23-16(13-28-21)12-27-20(25)11-10-18(24)14-6-8-15(22)9-7-14/h2-9,13H,10-12H2,1H3. The number of carbonyl (C=O) groups excluding carboxylic acids is 2. The second-order valence-electron chi connectivity index (χ2n) is 5.94. The molecule has 1 aromatic heterocycles. The van der Waals surface area contributed by atoms with E-state index in [1.165, 1.54) is 35.6 Å². The number of hydrogen-bond donors (Lipinski definition) is 0. The molecule has 144 valence electrons. The van der Waals surface area contributed by atoms with Crippen molar-refractivity contribution in [3.8, 4) is 16.3 Å². The molecule has 0 aliphatic carbocycles. The van der Waals surface area contributed by atoms with Crippen LogP contribution in [0.25, 0.3) is 10.6 Å². The highest BCUT2D eigenvalue weighted by atomic mass is 32.1. The zero-order valence-corrected chi connectivity index (χ0v) is 16.0. The van der Waals surface area contributed by atoms with Crippen LogP contribution in [0.2, 0.25) is 0 Å². The van der Waals surface area contributed by atoms with E-state index in [4.69, 9.17) is 9.47 Å². The summed E-state index contributed by atoms with van der Waals surface area (Å²) >= 11 is 1.43. The number of carbonyl (C=O) groups is 2. The Hall–Kier alpha value is -3.06. The minimum atomic E-state index is -0.484. The van der Waals surface area contributed by atoms with Gasteiger partial charge in [-0.05, 0) is 36.4 Å². The fraction of sp³-hybridized carbons (Fsp3) is 0.190. The Labute approximate surface area is 165 Å². The van der Waals surface area contributed by atoms with E-state index < -0.39 is 11.8 Å². The molecule has 0 aliphatic heterocycles. The highest BCUT2D eigenvalue weighted by Gasteiger charge is 2.13. The van der Waals surface area contributed by atoms with E-state index in [9.17, 15) is 14.0 Å². The molecule has 0 atom stereocenters. The monoisotopic (exact) mass is 399 g/mol. The van der Waals surface area contributed by atoms with Crippen molar-refractivity contribution in [3.63, 3.8) is 0 Å². The number of hydrogen-bond acceptors (Lipinski definition) is 6. The summed E-state index contributed by atoms with van der Waals surface area (Å²) in [5.74, 6) is -0.405. The number of methoxy groups -OCH3 is 1. The summed E-state index contributed by atoms with van der Waals surface area (Å²) in [5, 5.41) is 2.59. The molecule has 3 aromatic rings. The zero-order chi connectivity index (χ0) is 19.9. The maximum Gasteiger partial charge on any atom is 0.306 e. The maximum absolute atomic E-state index is 12.9. The number of halogens is 1. The molecular weight excluding hydrogens is 381 g/mol. The molecule has 0 aliphatic rings. The molecule has 0 saturated heterocycles. The Bertz CT molecular complexity index is 969. The molecule has 0 bridgehead atoms. The van der Waals surface area contributed by atoms with Crippen molar-refractivity contribution < 1.29 is 23.5 Å². The number of nitrogens with zero attached hydrogens (tertiary/aromatic N) is 1. The summed E-state index contributed by atoms with van der Waals surface area (Å²) in [6.07, 6.45) is -0.0340. The van der Waals surface area contributed by atoms with E-state index >= 15 is 0 Å². The van der Waals surface area contributed by atoms with Gasteiger partial charge in [0.25, 0.3) is 0 Å². The van der Waals surface area contributed by atoms with E-state index in [-0.39, 0.29) is 25.2 Å². The fourth-order valence-corrected chi connectivity index (χ4v) is 3.37. The van der Waals surface area contributed by atoms with Crippen LogP contribution in [0.1, 0.15) is 28.9 Å². The molecule has 0 unspecified atom stereocenters. The first kappa shape index (κ1) is 19.7. The molecule has 0 spiro atoms. The average molecular weight is 399 g/mol. The molecule has 0 amide bonds. The number of Topliss-reactive ketones (excluding diaryl/α,β-unsaturated/α-hetero) is 1. The molecular formula is C21H18FNO4S. The molecule has 0 fully saturated rings. The second kappa shape index (κ2) is 9.23. The number of ether oxygens (including phenoxy) is 2. The normalized spacial score (nSPS) is 10.5. The number of para-hydroxylation sites is 1. The number of benzene rings is 2. The molecule has 0 saturated carbocycles. The van der Waals surface area contributed by atoms with Gasteiger partial charge in [-0.3, -0.25) is 9.59 Å². The van der Waals surface area contributed by atoms with Crippen molar-refractivity contribution in [3.05, 3.63) is 71.0 Å². The SMILES string of the molecule is COc1ccccc1-c1nc(COC(=O)CCC(=O)c2ccc(F)cc2)cs1. The zero-order valence-electron chi connectivity index (χ0n) is 15.2. The van der Waals surface area contributed by atoms with E-state index in [0.29, 0.717) is 11.3 Å². The number of thiazole rings is 1. The minimum absolute atomic E-state index is 0.00793. The maximum atomic E-state index is 12.9. The predicted octanol–water partition coefficient (Wildman–Crippen LogP) is 4.66. The molecule has 28 heavy (non-hydrogen) atoms. The molecule has 0 N–H and O–H groups in total. The lowest BCUT2D eigenvalue weighted by Gasteiger charge is -2.05. The quantitative estimate of drug-likeness (QED) is 0.407. The third-order valence-corrected chi connectivity index (χ3v) is 4.92. The van der Waals surface area contributed by atoms with Gasteiger partial charge in [-0.1, -0.05) is 12.1 Å². The van der Waals surface area contributed by atoms with Crippen LogP contribution in [-0.2, 0) is 16.1 Å². The van der Waals surface area contributed by atoms with Gasteiger partial charge in [0, 0.05) is 17.4 Å². The summed E-state index contributed by atoms with van der Waals surface area (Å²) in [6, 6.07) is 12.8. The van der Waals surface area contributed by atoms with Crippen LogP contribution in [0.15, 0.2) is 53.9 Å². The van der Waals surface area contributed by atoms with Gasteiger partial charge in [0.15, 0.2) is 5.78 Å². The van der Waals surface area contributed by atoms with E-state index in [1.807, 2.05) is 29.6 Å². The lowest BCUT2D eigenvalue weighted by Crippen LogP contribution is -2.08. The van der Waals surface area contributed by atoms with E-state index in [1.54, 1.807) is 7.11 Å². The smallest absolute Gasteiger partial charge is 0.306 e. The third kappa shape index (κ3) is 5.01. The second-order valence-corrected chi connectivity index (χ2v) is 6.79. The van der Waals surface area contributed by atoms with Gasteiger partial charge in [-0.2, -0.15) is 0 Å². The minimum Gasteiger partial charge on any atom is -0.496 e. The van der Waals surface area contributed by atoms with Crippen molar-refractivity contribution in [1.29, 1.82) is 0 Å². The fourth-order valence-electron chi connectivity index (χ4n) is 2.54. The summed E-state index contributed by atoms with van der Waals surface area (Å²) in [6.45, 7) is 0.0369. The summed E-state index contributed by atoms with van der Waals surface area (Å²) in [5.41, 5.74) is 1.87. The first-order valence-corrected chi connectivity index (χ1v) is 9.47. The van der Waals surface area contributed by atoms with Crippen LogP contribution < -0.4 is 4.74 Å². The van der Waals surface area contributed by atoms with Crippen molar-refractivity contribution >= 4 is 23.1 Å². The Morgan fingerprint density at radius 2 is 1.82 bits per heavy atom. The number of aromatic nitrogens is 1. The van der Waals surface area contributed by atoms with E-state index in [2.05, 4.69) is 4.98 Å². The van der Waals surface area contributed by atoms with Gasteiger partial charge in [0.1, 0.15) is 23.2 Å². The van der Waals surface area contributed by atoms with Gasteiger partial charge in [-0.15, -0.1) is 11.3 Å². The summed E-state index contributed by atoms with van der Waals surface area (Å²) in [7, 11) is 1.60. The first-order valence-electron chi connectivity index (χ1n) is 8.59. The van der Waals surface area contributed by atoms with Gasteiger partial charge >= 0.3 is 5.97 Å². The van der Waals surface area contributed by atoms with Crippen LogP contribution in [0.5, 0.6) is 5.75 Å². The van der Waals surface area contributed by atoms with Crippen LogP contribution in [0, 0.1) is 5.82 Å². The average Bonchev–Trinajstić information content (AvgIpc) is 3.20. The van der Waals surface area contributed by atoms with Gasteiger partial charge in [-0.25, -0.2) is 9.37 Å². The van der Waals surface area contributed by atoms with Crippen molar-refractivity contribution in [1.82, 2.24) is 4.98 Å². The highest BCUT2D eigenvalue weighted by Crippen LogP contribution is 2.31. The van der Waals surface area contributed by atoms with E-state index in [0.717, 1.165) is 16.3 Å². The summed E-state index contributed by atoms with van der Waals surface area (Å²) in [4.78, 5) is 28.4. The largest absolute Gasteiger partial charge is 0.496 e. The number of esters is 1. The van der Waals surface area contributed by atoms with Crippen LogP contribution in [0.4, 0.5) is 4.39 Å². The Morgan fingerprint density at radius 3 is 2.57 bits per heavy atom. The highest BCUT2D eigenvalue weighted by molar-refractivity contribution is 7.13. The topological polar surface area (TPSA) is 65.5 Å². The van der Waals surface area contributed by atoms with Gasteiger partial charge in [0.2, 0.25) is 0 Å². The third-order valence-electron chi connectivity index (χ3n) is 3.99. The molecule has 7 heteroatoms. The Balaban J connectivity index is 1.50. The van der Waals surface area contributed by atoms with Crippen LogP contribution in [0.3, 0.4) is 0 Å². The molecule has 0 radical (unpaired) electrons. The lowest BCUT2D eigenvalue weighted by atomic mass is 10.1. The van der Waals surface area contributed by atoms with Gasteiger partial charge < -0.3 is 9.47 Å². The Morgan fingerprint density at radius 1 is 1.07 bits per heavy atom.